The van der Waals surface area contributed by atoms with Crippen molar-refractivity contribution >= 4 is 16.7 Å². The van der Waals surface area contributed by atoms with E-state index < -0.39 is 0 Å². The van der Waals surface area contributed by atoms with Crippen LogP contribution < -0.4 is 4.90 Å². The molecule has 1 aliphatic heterocycles. The number of para-hydroxylation sites is 1. The Bertz CT molecular complexity index is 1130. The van der Waals surface area contributed by atoms with Crippen LogP contribution in [-0.4, -0.2) is 47.8 Å². The molecule has 5 rings (SSSR count). The van der Waals surface area contributed by atoms with Crippen LogP contribution in [0.25, 0.3) is 22.2 Å². The number of H-pyrrole nitrogens is 1. The van der Waals surface area contributed by atoms with E-state index in [1.165, 1.54) is 27.7 Å². The van der Waals surface area contributed by atoms with Crippen LogP contribution in [0.1, 0.15) is 22.7 Å². The highest BCUT2D eigenvalue weighted by atomic mass is 15.2. The molecule has 5 nitrogen and oxygen atoms in total. The van der Waals surface area contributed by atoms with Crippen molar-refractivity contribution in [3.63, 3.8) is 0 Å². The first-order valence-electron chi connectivity index (χ1n) is 9.99. The normalized spacial score (nSPS) is 16.7. The quantitative estimate of drug-likeness (QED) is 0.574. The molecule has 2 aromatic carbocycles. The van der Waals surface area contributed by atoms with Gasteiger partial charge in [-0.05, 0) is 53.9 Å². The number of benzene rings is 2. The van der Waals surface area contributed by atoms with Gasteiger partial charge in [-0.1, -0.05) is 30.3 Å². The summed E-state index contributed by atoms with van der Waals surface area (Å²) in [6.07, 6.45) is 0. The molecule has 29 heavy (non-hydrogen) atoms. The number of aromatic amines is 1. The number of anilines is 1. The van der Waals surface area contributed by atoms with Crippen LogP contribution in [-0.2, 0) is 6.54 Å². The molecule has 1 unspecified atom stereocenters. The lowest BCUT2D eigenvalue weighted by molar-refractivity contribution is 0.294. The molecule has 2 aromatic heterocycles. The van der Waals surface area contributed by atoms with Crippen molar-refractivity contribution in [3.05, 3.63) is 77.5 Å². The van der Waals surface area contributed by atoms with Gasteiger partial charge in [0, 0.05) is 49.9 Å². The molecule has 0 aliphatic carbocycles. The lowest BCUT2D eigenvalue weighted by Crippen LogP contribution is -2.31. The predicted octanol–water partition coefficient (Wildman–Crippen LogP) is 4.27. The first-order valence-corrected chi connectivity index (χ1v) is 9.99. The van der Waals surface area contributed by atoms with E-state index in [2.05, 4.69) is 75.7 Å². The van der Waals surface area contributed by atoms with Gasteiger partial charge in [0.25, 0.3) is 0 Å². The molecule has 5 heteroatoms. The molecule has 0 fully saturated rings. The van der Waals surface area contributed by atoms with Crippen molar-refractivity contribution in [3.8, 4) is 11.3 Å². The summed E-state index contributed by atoms with van der Waals surface area (Å²) >= 11 is 0. The van der Waals surface area contributed by atoms with Crippen molar-refractivity contribution in [1.82, 2.24) is 20.1 Å². The molecular weight excluding hydrogens is 358 g/mol. The van der Waals surface area contributed by atoms with E-state index in [0.717, 1.165) is 30.2 Å². The van der Waals surface area contributed by atoms with Crippen LogP contribution in [0.5, 0.6) is 0 Å². The second kappa shape index (κ2) is 7.01. The van der Waals surface area contributed by atoms with E-state index in [4.69, 9.17) is 0 Å². The maximum atomic E-state index is 4.43. The average Bonchev–Trinajstić information content (AvgIpc) is 3.17. The van der Waals surface area contributed by atoms with Gasteiger partial charge in [-0.25, -0.2) is 0 Å². The van der Waals surface area contributed by atoms with E-state index in [1.807, 2.05) is 31.1 Å². The van der Waals surface area contributed by atoms with E-state index in [0.29, 0.717) is 5.92 Å². The summed E-state index contributed by atoms with van der Waals surface area (Å²) in [7, 11) is 6.14. The van der Waals surface area contributed by atoms with Crippen LogP contribution in [0.3, 0.4) is 0 Å². The number of aromatic nitrogens is 3. The van der Waals surface area contributed by atoms with Crippen LogP contribution in [0.4, 0.5) is 5.82 Å². The Hall–Kier alpha value is -3.18. The van der Waals surface area contributed by atoms with Gasteiger partial charge < -0.3 is 14.8 Å². The highest BCUT2D eigenvalue weighted by Crippen LogP contribution is 2.36. The third kappa shape index (κ3) is 3.28. The molecule has 1 aliphatic rings. The topological polar surface area (TPSA) is 48.1 Å². The molecule has 4 aromatic rings. The van der Waals surface area contributed by atoms with E-state index >= 15 is 0 Å². The predicted molar refractivity (Wildman–Crippen MR) is 118 cm³/mol. The Balaban J connectivity index is 1.53. The highest BCUT2D eigenvalue weighted by Gasteiger charge is 2.26. The van der Waals surface area contributed by atoms with Crippen molar-refractivity contribution < 1.29 is 0 Å². The monoisotopic (exact) mass is 383 g/mol. The number of hydrogen-bond acceptors (Lipinski definition) is 4. The fourth-order valence-corrected chi connectivity index (χ4v) is 4.27. The highest BCUT2D eigenvalue weighted by molar-refractivity contribution is 5.80. The lowest BCUT2D eigenvalue weighted by Gasteiger charge is -2.32. The summed E-state index contributed by atoms with van der Waals surface area (Å²) in [5, 5.41) is 10.0. The number of likely N-dealkylation sites (N-methyl/N-ethyl adjacent to an activating group) is 1. The molecular formula is C24H25N5. The van der Waals surface area contributed by atoms with Crippen LogP contribution in [0.2, 0.25) is 0 Å². The Morgan fingerprint density at radius 2 is 1.86 bits per heavy atom. The van der Waals surface area contributed by atoms with Gasteiger partial charge in [0.15, 0.2) is 5.82 Å². The summed E-state index contributed by atoms with van der Waals surface area (Å²) in [5.74, 6) is 1.21. The first kappa shape index (κ1) is 17.9. The van der Waals surface area contributed by atoms with Gasteiger partial charge in [-0.2, -0.15) is 0 Å². The molecule has 0 bridgehead atoms. The molecule has 0 saturated carbocycles. The summed E-state index contributed by atoms with van der Waals surface area (Å²) in [6, 6.07) is 21.6. The maximum Gasteiger partial charge on any atom is 0.150 e. The van der Waals surface area contributed by atoms with E-state index in [9.17, 15) is 0 Å². The van der Waals surface area contributed by atoms with Crippen molar-refractivity contribution in [2.45, 2.75) is 12.5 Å². The largest absolute Gasteiger partial charge is 0.361 e. The zero-order chi connectivity index (χ0) is 20.0. The van der Waals surface area contributed by atoms with Crippen molar-refractivity contribution in [2.24, 2.45) is 0 Å². The molecule has 0 saturated heterocycles. The van der Waals surface area contributed by atoms with Crippen molar-refractivity contribution in [2.75, 3.05) is 32.6 Å². The minimum Gasteiger partial charge on any atom is -0.361 e. The Labute approximate surface area is 171 Å². The lowest BCUT2D eigenvalue weighted by atomic mass is 9.86. The molecule has 0 spiro atoms. The second-order valence-electron chi connectivity index (χ2n) is 8.15. The van der Waals surface area contributed by atoms with Gasteiger partial charge in [0.05, 0.1) is 5.69 Å². The van der Waals surface area contributed by atoms with Crippen LogP contribution >= 0.6 is 0 Å². The smallest absolute Gasteiger partial charge is 0.150 e. The first-order chi connectivity index (χ1) is 14.1. The van der Waals surface area contributed by atoms with Gasteiger partial charge in [0.1, 0.15) is 0 Å². The van der Waals surface area contributed by atoms with Crippen LogP contribution in [0, 0.1) is 0 Å². The fraction of sp³-hybridized carbons (Fsp3) is 0.250. The number of rotatable bonds is 3. The molecule has 1 atom stereocenters. The number of hydrogen-bond donors (Lipinski definition) is 1. The third-order valence-electron chi connectivity index (χ3n) is 5.78. The minimum atomic E-state index is 0.340. The van der Waals surface area contributed by atoms with Crippen LogP contribution in [0.15, 0.2) is 60.7 Å². The van der Waals surface area contributed by atoms with Crippen molar-refractivity contribution in [1.29, 1.82) is 0 Å². The average molecular weight is 383 g/mol. The Kier molecular flexibility index (Phi) is 4.32. The third-order valence-corrected chi connectivity index (χ3v) is 5.78. The van der Waals surface area contributed by atoms with E-state index in [1.54, 1.807) is 0 Å². The summed E-state index contributed by atoms with van der Waals surface area (Å²) in [5.41, 5.74) is 7.27. The zero-order valence-electron chi connectivity index (χ0n) is 17.1. The zero-order valence-corrected chi connectivity index (χ0v) is 17.1. The standard InChI is InChI=1S/C24H25N5/c1-28(2)24-11-10-22(26-27-24)17-8-9-19-18(12-17)14-29(3)15-20(19)23-13-16-6-4-5-7-21(16)25-23/h4-13,20,25H,14-15H2,1-3H3. The molecule has 146 valence electrons. The molecule has 1 N–H and O–H groups in total. The molecule has 0 amide bonds. The van der Waals surface area contributed by atoms with Gasteiger partial charge in [-0.15, -0.1) is 10.2 Å². The van der Waals surface area contributed by atoms with E-state index in [-0.39, 0.29) is 0 Å². The Morgan fingerprint density at radius 3 is 2.62 bits per heavy atom. The number of fused-ring (bicyclic) bond motifs is 2. The molecule has 0 radical (unpaired) electrons. The van der Waals surface area contributed by atoms with Gasteiger partial charge in [0.2, 0.25) is 0 Å². The second-order valence-corrected chi connectivity index (χ2v) is 8.15. The fourth-order valence-electron chi connectivity index (χ4n) is 4.27. The minimum absolute atomic E-state index is 0.340. The van der Waals surface area contributed by atoms with Gasteiger partial charge in [-0.3, -0.25) is 0 Å². The van der Waals surface area contributed by atoms with Gasteiger partial charge >= 0.3 is 0 Å². The number of nitrogens with zero attached hydrogens (tertiary/aromatic N) is 4. The SMILES string of the molecule is CN1Cc2cc(-c3ccc(N(C)C)nn3)ccc2C(c2cc3ccccc3[nH]2)C1. The summed E-state index contributed by atoms with van der Waals surface area (Å²) in [6.45, 7) is 1.96. The number of nitrogens with one attached hydrogen (secondary N) is 1. The maximum absolute atomic E-state index is 4.43. The summed E-state index contributed by atoms with van der Waals surface area (Å²) in [4.78, 5) is 7.99. The summed E-state index contributed by atoms with van der Waals surface area (Å²) < 4.78 is 0. The Morgan fingerprint density at radius 1 is 1.00 bits per heavy atom. The molecule has 3 heterocycles.